The molecule has 19 heavy (non-hydrogen) atoms. The number of carboxylic acids is 1. The smallest absolute Gasteiger partial charge is 0.331 e. The topological polar surface area (TPSA) is 142 Å². The number of aliphatic carboxylic acids is 1. The first-order valence-electron chi connectivity index (χ1n) is 6.48. The number of carbonyl (C=O) groups excluding carboxylic acids is 1. The molecule has 110 valence electrons. The maximum absolute atomic E-state index is 11.9. The van der Waals surface area contributed by atoms with Crippen LogP contribution in [0.3, 0.4) is 0 Å². The molecule has 0 aromatic heterocycles. The number of carbonyl (C=O) groups is 2. The van der Waals surface area contributed by atoms with Crippen molar-refractivity contribution in [3.8, 4) is 0 Å². The Morgan fingerprint density at radius 3 is 2.42 bits per heavy atom. The Bertz CT molecular complexity index is 333. The molecule has 0 spiro atoms. The van der Waals surface area contributed by atoms with Gasteiger partial charge in [0.15, 0.2) is 17.3 Å². The Balaban J connectivity index is 4.36. The van der Waals surface area contributed by atoms with E-state index in [9.17, 15) is 9.59 Å². The fourth-order valence-electron chi connectivity index (χ4n) is 1.71. The van der Waals surface area contributed by atoms with Crippen molar-refractivity contribution in [1.29, 1.82) is 5.41 Å². The van der Waals surface area contributed by atoms with Crippen molar-refractivity contribution in [3.05, 3.63) is 0 Å². The molecule has 0 rings (SSSR count). The molecule has 7 nitrogen and oxygen atoms in total. The van der Waals surface area contributed by atoms with Gasteiger partial charge < -0.3 is 21.9 Å². The molecule has 0 aromatic carbocycles. The minimum atomic E-state index is -1.83. The van der Waals surface area contributed by atoms with Crippen LogP contribution >= 0.6 is 0 Å². The van der Waals surface area contributed by atoms with Crippen molar-refractivity contribution >= 4 is 17.7 Å². The van der Waals surface area contributed by atoms with Crippen LogP contribution in [0.5, 0.6) is 0 Å². The van der Waals surface area contributed by atoms with E-state index in [-0.39, 0.29) is 18.8 Å². The van der Waals surface area contributed by atoms with Gasteiger partial charge in [-0.3, -0.25) is 10.2 Å². The van der Waals surface area contributed by atoms with Crippen LogP contribution in [0.1, 0.15) is 45.4 Å². The van der Waals surface area contributed by atoms with Gasteiger partial charge in [0.1, 0.15) is 0 Å². The van der Waals surface area contributed by atoms with E-state index in [0.717, 1.165) is 12.8 Å². The maximum Gasteiger partial charge on any atom is 0.331 e. The fourth-order valence-corrected chi connectivity index (χ4v) is 1.71. The number of nitrogens with one attached hydrogen (secondary N) is 2. The number of carboxylic acid groups (broad SMARTS) is 1. The van der Waals surface area contributed by atoms with Crippen LogP contribution in [-0.2, 0) is 9.59 Å². The number of Topliss-reactive ketones (excluding diaryl/α,β-unsaturated/α-hetero) is 1. The van der Waals surface area contributed by atoms with E-state index in [1.165, 1.54) is 0 Å². The molecule has 0 radical (unpaired) electrons. The van der Waals surface area contributed by atoms with E-state index in [2.05, 4.69) is 5.32 Å². The Labute approximate surface area is 113 Å². The molecule has 0 fully saturated rings. The lowest BCUT2D eigenvalue weighted by Gasteiger charge is -2.23. The zero-order valence-electron chi connectivity index (χ0n) is 11.4. The summed E-state index contributed by atoms with van der Waals surface area (Å²) in [6.07, 6.45) is 3.09. The third kappa shape index (κ3) is 6.19. The molecule has 0 bridgehead atoms. The molecule has 0 aliphatic rings. The van der Waals surface area contributed by atoms with Crippen LogP contribution in [0.25, 0.3) is 0 Å². The molecule has 0 heterocycles. The zero-order valence-corrected chi connectivity index (χ0v) is 11.4. The van der Waals surface area contributed by atoms with Gasteiger partial charge in [-0.15, -0.1) is 0 Å². The van der Waals surface area contributed by atoms with Crippen LogP contribution in [-0.4, -0.2) is 34.9 Å². The Hall–Kier alpha value is -1.63. The van der Waals surface area contributed by atoms with Crippen LogP contribution in [0.15, 0.2) is 0 Å². The normalized spacial score (nSPS) is 13.6. The standard InChI is InChI=1S/C12H24N4O3/c1-2-3-4-6-9(17)12(15,10(18)19)7-5-8-16-11(13)14/h2-8,15H2,1H3,(H,18,19)(H4,13,14,16)/t12-/m1/s1. The highest BCUT2D eigenvalue weighted by Crippen LogP contribution is 2.16. The van der Waals surface area contributed by atoms with Gasteiger partial charge in [0.2, 0.25) is 0 Å². The van der Waals surface area contributed by atoms with E-state index in [1.807, 2.05) is 6.92 Å². The summed E-state index contributed by atoms with van der Waals surface area (Å²) >= 11 is 0. The van der Waals surface area contributed by atoms with Gasteiger partial charge in [-0.05, 0) is 19.3 Å². The summed E-state index contributed by atoms with van der Waals surface area (Å²) in [6, 6.07) is 0. The molecular formula is C12H24N4O3. The predicted octanol–water partition coefficient (Wildman–Crippen LogP) is 0.181. The number of hydrogen-bond donors (Lipinski definition) is 5. The van der Waals surface area contributed by atoms with Gasteiger partial charge in [0.25, 0.3) is 0 Å². The average Bonchev–Trinajstić information content (AvgIpc) is 2.33. The van der Waals surface area contributed by atoms with E-state index in [4.69, 9.17) is 22.0 Å². The van der Waals surface area contributed by atoms with Crippen molar-refractivity contribution < 1.29 is 14.7 Å². The first kappa shape index (κ1) is 17.4. The van der Waals surface area contributed by atoms with Crippen molar-refractivity contribution in [3.63, 3.8) is 0 Å². The number of hydrogen-bond acceptors (Lipinski definition) is 4. The number of rotatable bonds is 10. The average molecular weight is 272 g/mol. The minimum Gasteiger partial charge on any atom is -0.480 e. The van der Waals surface area contributed by atoms with E-state index < -0.39 is 17.3 Å². The van der Waals surface area contributed by atoms with Crippen molar-refractivity contribution in [2.45, 2.75) is 51.0 Å². The molecular weight excluding hydrogens is 248 g/mol. The van der Waals surface area contributed by atoms with Crippen molar-refractivity contribution in [2.24, 2.45) is 11.5 Å². The predicted molar refractivity (Wildman–Crippen MR) is 72.9 cm³/mol. The molecule has 0 unspecified atom stereocenters. The lowest BCUT2D eigenvalue weighted by Crippen LogP contribution is -2.55. The molecule has 0 saturated carbocycles. The third-order valence-corrected chi connectivity index (χ3v) is 2.95. The summed E-state index contributed by atoms with van der Waals surface area (Å²) in [5.74, 6) is -1.92. The van der Waals surface area contributed by atoms with Gasteiger partial charge in [-0.2, -0.15) is 0 Å². The fraction of sp³-hybridized carbons (Fsp3) is 0.750. The highest BCUT2D eigenvalue weighted by atomic mass is 16.4. The quantitative estimate of drug-likeness (QED) is 0.166. The molecule has 0 aliphatic heterocycles. The van der Waals surface area contributed by atoms with Gasteiger partial charge in [-0.25, -0.2) is 4.79 Å². The summed E-state index contributed by atoms with van der Waals surface area (Å²) in [5.41, 5.74) is 9.00. The first-order chi connectivity index (χ1) is 8.84. The lowest BCUT2D eigenvalue weighted by atomic mass is 9.87. The molecule has 1 atom stereocenters. The molecule has 0 amide bonds. The summed E-state index contributed by atoms with van der Waals surface area (Å²) in [5, 5.41) is 18.6. The second-order valence-corrected chi connectivity index (χ2v) is 4.60. The van der Waals surface area contributed by atoms with Crippen LogP contribution in [0.4, 0.5) is 0 Å². The maximum atomic E-state index is 11.9. The molecule has 0 saturated heterocycles. The molecule has 7 heteroatoms. The number of guanidine groups is 1. The van der Waals surface area contributed by atoms with Crippen molar-refractivity contribution in [1.82, 2.24) is 5.32 Å². The van der Waals surface area contributed by atoms with Gasteiger partial charge in [0.05, 0.1) is 0 Å². The SMILES string of the molecule is CCCCCC(=O)[C@](N)(CCCNC(=N)N)C(=O)O. The van der Waals surface area contributed by atoms with Crippen molar-refractivity contribution in [2.75, 3.05) is 6.54 Å². The first-order valence-corrected chi connectivity index (χ1v) is 6.48. The van der Waals surface area contributed by atoms with Gasteiger partial charge in [-0.1, -0.05) is 19.8 Å². The summed E-state index contributed by atoms with van der Waals surface area (Å²) in [6.45, 7) is 2.33. The number of ketones is 1. The van der Waals surface area contributed by atoms with Crippen LogP contribution < -0.4 is 16.8 Å². The van der Waals surface area contributed by atoms with Crippen LogP contribution in [0, 0.1) is 5.41 Å². The molecule has 0 aliphatic carbocycles. The second kappa shape index (κ2) is 8.47. The zero-order chi connectivity index (χ0) is 14.9. The Morgan fingerprint density at radius 2 is 1.95 bits per heavy atom. The van der Waals surface area contributed by atoms with Gasteiger partial charge in [0, 0.05) is 13.0 Å². The second-order valence-electron chi connectivity index (χ2n) is 4.60. The Kier molecular flexibility index (Phi) is 7.74. The monoisotopic (exact) mass is 272 g/mol. The van der Waals surface area contributed by atoms with E-state index in [0.29, 0.717) is 19.4 Å². The Morgan fingerprint density at radius 1 is 1.32 bits per heavy atom. The molecule has 0 aromatic rings. The van der Waals surface area contributed by atoms with E-state index in [1.54, 1.807) is 0 Å². The third-order valence-electron chi connectivity index (χ3n) is 2.95. The van der Waals surface area contributed by atoms with E-state index >= 15 is 0 Å². The summed E-state index contributed by atoms with van der Waals surface area (Å²) in [4.78, 5) is 23.1. The molecule has 7 N–H and O–H groups in total. The largest absolute Gasteiger partial charge is 0.480 e. The number of unbranched alkanes of at least 4 members (excludes halogenated alkanes) is 2. The van der Waals surface area contributed by atoms with Crippen LogP contribution in [0.2, 0.25) is 0 Å². The minimum absolute atomic E-state index is 0.0353. The van der Waals surface area contributed by atoms with Gasteiger partial charge >= 0.3 is 5.97 Å². The summed E-state index contributed by atoms with van der Waals surface area (Å²) < 4.78 is 0. The highest BCUT2D eigenvalue weighted by molar-refractivity contribution is 6.07. The highest BCUT2D eigenvalue weighted by Gasteiger charge is 2.40. The lowest BCUT2D eigenvalue weighted by molar-refractivity contribution is -0.148. The number of nitrogens with two attached hydrogens (primary N) is 2. The summed E-state index contributed by atoms with van der Waals surface area (Å²) in [7, 11) is 0.